The number of nitrogens with zero attached hydrogens (tertiary/aromatic N) is 1. The Labute approximate surface area is 120 Å². The molecule has 0 aliphatic rings. The molecule has 112 valence electrons. The topological polar surface area (TPSA) is 61.8 Å². The Hall–Kier alpha value is -1.75. The highest BCUT2D eigenvalue weighted by Crippen LogP contribution is 2.15. The van der Waals surface area contributed by atoms with Crippen molar-refractivity contribution in [3.63, 3.8) is 0 Å². The molecule has 1 aromatic carbocycles. The molecule has 0 aliphatic carbocycles. The SMILES string of the molecule is Cc1cc(C)cc(OCCNC(=O)N(C)CC(C)O)c1. The maximum Gasteiger partial charge on any atom is 0.317 e. The first-order chi connectivity index (χ1) is 9.38. The number of aliphatic hydroxyl groups excluding tert-OH is 1. The summed E-state index contributed by atoms with van der Waals surface area (Å²) in [4.78, 5) is 13.1. The number of hydrogen-bond acceptors (Lipinski definition) is 3. The van der Waals surface area contributed by atoms with E-state index in [9.17, 15) is 9.90 Å². The molecule has 0 aromatic heterocycles. The van der Waals surface area contributed by atoms with Crippen molar-refractivity contribution in [2.75, 3.05) is 26.7 Å². The lowest BCUT2D eigenvalue weighted by Gasteiger charge is -2.19. The standard InChI is InChI=1S/C15H24N2O3/c1-11-7-12(2)9-14(8-11)20-6-5-16-15(19)17(4)10-13(3)18/h7-9,13,18H,5-6,10H2,1-4H3,(H,16,19). The van der Waals surface area contributed by atoms with Gasteiger partial charge in [0.25, 0.3) is 0 Å². The van der Waals surface area contributed by atoms with E-state index >= 15 is 0 Å². The molecule has 1 rings (SSSR count). The fraction of sp³-hybridized carbons (Fsp3) is 0.533. The summed E-state index contributed by atoms with van der Waals surface area (Å²) < 4.78 is 5.60. The van der Waals surface area contributed by atoms with Gasteiger partial charge in [-0.2, -0.15) is 0 Å². The van der Waals surface area contributed by atoms with Gasteiger partial charge in [-0.1, -0.05) is 6.07 Å². The highest BCUT2D eigenvalue weighted by molar-refractivity contribution is 5.73. The minimum Gasteiger partial charge on any atom is -0.492 e. The zero-order valence-electron chi connectivity index (χ0n) is 12.6. The van der Waals surface area contributed by atoms with Crippen LogP contribution in [0.3, 0.4) is 0 Å². The Morgan fingerprint density at radius 1 is 1.35 bits per heavy atom. The number of ether oxygens (including phenoxy) is 1. The molecule has 1 unspecified atom stereocenters. The summed E-state index contributed by atoms with van der Waals surface area (Å²) in [6, 6.07) is 5.80. The highest BCUT2D eigenvalue weighted by Gasteiger charge is 2.09. The molecule has 0 fully saturated rings. The molecule has 0 spiro atoms. The smallest absolute Gasteiger partial charge is 0.317 e. The minimum absolute atomic E-state index is 0.213. The number of aryl methyl sites for hydroxylation is 2. The van der Waals surface area contributed by atoms with E-state index in [0.717, 1.165) is 16.9 Å². The largest absolute Gasteiger partial charge is 0.492 e. The Bertz CT molecular complexity index is 426. The van der Waals surface area contributed by atoms with Crippen LogP contribution in [0.5, 0.6) is 5.75 Å². The maximum absolute atomic E-state index is 11.6. The van der Waals surface area contributed by atoms with Gasteiger partial charge in [0.2, 0.25) is 0 Å². The number of amides is 2. The lowest BCUT2D eigenvalue weighted by Crippen LogP contribution is -2.42. The summed E-state index contributed by atoms with van der Waals surface area (Å²) in [7, 11) is 1.65. The molecule has 2 N–H and O–H groups in total. The molecule has 0 heterocycles. The average Bonchev–Trinajstić information content (AvgIpc) is 2.32. The van der Waals surface area contributed by atoms with Gasteiger partial charge in [-0.05, 0) is 44.0 Å². The van der Waals surface area contributed by atoms with Crippen molar-refractivity contribution in [1.29, 1.82) is 0 Å². The van der Waals surface area contributed by atoms with Crippen LogP contribution < -0.4 is 10.1 Å². The Kier molecular flexibility index (Phi) is 6.31. The van der Waals surface area contributed by atoms with Gasteiger partial charge in [-0.25, -0.2) is 4.79 Å². The number of carbonyl (C=O) groups excluding carboxylic acids is 1. The van der Waals surface area contributed by atoms with E-state index < -0.39 is 6.10 Å². The predicted octanol–water partition coefficient (Wildman–Crippen LogP) is 1.70. The van der Waals surface area contributed by atoms with E-state index in [1.165, 1.54) is 4.90 Å². The normalized spacial score (nSPS) is 11.8. The predicted molar refractivity (Wildman–Crippen MR) is 79.1 cm³/mol. The number of hydrogen-bond donors (Lipinski definition) is 2. The van der Waals surface area contributed by atoms with Gasteiger partial charge in [-0.3, -0.25) is 0 Å². The summed E-state index contributed by atoms with van der Waals surface area (Å²) in [5, 5.41) is 11.9. The van der Waals surface area contributed by atoms with Crippen LogP contribution in [0.25, 0.3) is 0 Å². The quantitative estimate of drug-likeness (QED) is 0.780. The van der Waals surface area contributed by atoms with Crippen LogP contribution in [0, 0.1) is 13.8 Å². The van der Waals surface area contributed by atoms with Crippen molar-refractivity contribution >= 4 is 6.03 Å². The third kappa shape index (κ3) is 5.93. The minimum atomic E-state index is -0.530. The fourth-order valence-corrected chi connectivity index (χ4v) is 1.96. The molecule has 0 saturated heterocycles. The second-order valence-electron chi connectivity index (χ2n) is 5.13. The monoisotopic (exact) mass is 280 g/mol. The first-order valence-electron chi connectivity index (χ1n) is 6.76. The molecule has 1 atom stereocenters. The van der Waals surface area contributed by atoms with Crippen LogP contribution in [0.2, 0.25) is 0 Å². The van der Waals surface area contributed by atoms with E-state index in [-0.39, 0.29) is 6.03 Å². The Balaban J connectivity index is 2.29. The molecule has 20 heavy (non-hydrogen) atoms. The number of urea groups is 1. The van der Waals surface area contributed by atoms with Crippen molar-refractivity contribution in [3.05, 3.63) is 29.3 Å². The third-order valence-electron chi connectivity index (χ3n) is 2.73. The average molecular weight is 280 g/mol. The first-order valence-corrected chi connectivity index (χ1v) is 6.76. The van der Waals surface area contributed by atoms with E-state index in [2.05, 4.69) is 11.4 Å². The highest BCUT2D eigenvalue weighted by atomic mass is 16.5. The zero-order chi connectivity index (χ0) is 15.1. The van der Waals surface area contributed by atoms with E-state index in [1.807, 2.05) is 26.0 Å². The Morgan fingerprint density at radius 2 is 1.95 bits per heavy atom. The number of rotatable bonds is 6. The van der Waals surface area contributed by atoms with Crippen molar-refractivity contribution < 1.29 is 14.6 Å². The summed E-state index contributed by atoms with van der Waals surface area (Å²) in [6.45, 7) is 6.84. The zero-order valence-corrected chi connectivity index (χ0v) is 12.6. The van der Waals surface area contributed by atoms with Crippen molar-refractivity contribution in [2.45, 2.75) is 26.9 Å². The van der Waals surface area contributed by atoms with Crippen LogP contribution in [0.1, 0.15) is 18.1 Å². The summed E-state index contributed by atoms with van der Waals surface area (Å²) in [6.07, 6.45) is -0.530. The molecule has 5 heteroatoms. The summed E-state index contributed by atoms with van der Waals surface area (Å²) in [5.74, 6) is 0.814. The van der Waals surface area contributed by atoms with Crippen LogP contribution in [-0.4, -0.2) is 48.9 Å². The Morgan fingerprint density at radius 3 is 2.50 bits per heavy atom. The summed E-state index contributed by atoms with van der Waals surface area (Å²) in [5.41, 5.74) is 2.31. The van der Waals surface area contributed by atoms with E-state index in [0.29, 0.717) is 19.7 Å². The van der Waals surface area contributed by atoms with Crippen LogP contribution in [0.15, 0.2) is 18.2 Å². The van der Waals surface area contributed by atoms with Gasteiger partial charge >= 0.3 is 6.03 Å². The molecular weight excluding hydrogens is 256 g/mol. The number of likely N-dealkylation sites (N-methyl/N-ethyl adjacent to an activating group) is 1. The van der Waals surface area contributed by atoms with Crippen LogP contribution in [-0.2, 0) is 0 Å². The van der Waals surface area contributed by atoms with Gasteiger partial charge in [0.1, 0.15) is 12.4 Å². The van der Waals surface area contributed by atoms with E-state index in [4.69, 9.17) is 4.74 Å². The molecule has 0 bridgehead atoms. The number of nitrogens with one attached hydrogen (secondary N) is 1. The number of aliphatic hydroxyl groups is 1. The third-order valence-corrected chi connectivity index (χ3v) is 2.73. The fourth-order valence-electron chi connectivity index (χ4n) is 1.96. The number of carbonyl (C=O) groups is 1. The maximum atomic E-state index is 11.6. The molecular formula is C15H24N2O3. The molecule has 0 aliphatic heterocycles. The van der Waals surface area contributed by atoms with Gasteiger partial charge in [0, 0.05) is 13.6 Å². The molecule has 5 nitrogen and oxygen atoms in total. The molecule has 1 aromatic rings. The second-order valence-corrected chi connectivity index (χ2v) is 5.13. The van der Waals surface area contributed by atoms with Gasteiger partial charge in [-0.15, -0.1) is 0 Å². The van der Waals surface area contributed by atoms with Crippen molar-refractivity contribution in [2.24, 2.45) is 0 Å². The second kappa shape index (κ2) is 7.75. The molecule has 0 radical (unpaired) electrons. The van der Waals surface area contributed by atoms with Crippen molar-refractivity contribution in [1.82, 2.24) is 10.2 Å². The van der Waals surface area contributed by atoms with Gasteiger partial charge in [0.15, 0.2) is 0 Å². The summed E-state index contributed by atoms with van der Waals surface area (Å²) >= 11 is 0. The van der Waals surface area contributed by atoms with E-state index in [1.54, 1.807) is 14.0 Å². The number of benzene rings is 1. The van der Waals surface area contributed by atoms with Crippen LogP contribution >= 0.6 is 0 Å². The lowest BCUT2D eigenvalue weighted by atomic mass is 10.1. The molecule has 2 amide bonds. The molecule has 0 saturated carbocycles. The van der Waals surface area contributed by atoms with Crippen LogP contribution in [0.4, 0.5) is 4.79 Å². The first kappa shape index (κ1) is 16.3. The van der Waals surface area contributed by atoms with Gasteiger partial charge in [0.05, 0.1) is 12.6 Å². The van der Waals surface area contributed by atoms with Crippen molar-refractivity contribution in [3.8, 4) is 5.75 Å². The lowest BCUT2D eigenvalue weighted by molar-refractivity contribution is 0.143. The van der Waals surface area contributed by atoms with Gasteiger partial charge < -0.3 is 20.1 Å².